The third-order valence-electron chi connectivity index (χ3n) is 2.48. The summed E-state index contributed by atoms with van der Waals surface area (Å²) in [6.07, 6.45) is -1.24. The summed E-state index contributed by atoms with van der Waals surface area (Å²) in [5.74, 6) is 5.67. The van der Waals surface area contributed by atoms with E-state index >= 15 is 0 Å². The summed E-state index contributed by atoms with van der Waals surface area (Å²) in [5, 5.41) is 16.1. The summed E-state index contributed by atoms with van der Waals surface area (Å²) in [6, 6.07) is 9.48. The molecule has 2 aromatic rings. The molecule has 88 valence electrons. The van der Waals surface area contributed by atoms with Gasteiger partial charge < -0.3 is 5.11 Å². The van der Waals surface area contributed by atoms with Crippen LogP contribution >= 0.6 is 0 Å². The van der Waals surface area contributed by atoms with Gasteiger partial charge in [0.25, 0.3) is 0 Å². The molecule has 1 aromatic heterocycles. The number of rotatable bonds is 2. The first-order chi connectivity index (χ1) is 8.11. The minimum atomic E-state index is -1.24. The van der Waals surface area contributed by atoms with Crippen LogP contribution in [0.1, 0.15) is 5.56 Å². The second-order valence-electron chi connectivity index (χ2n) is 3.56. The van der Waals surface area contributed by atoms with Gasteiger partial charge in [0.05, 0.1) is 5.69 Å². The molecule has 0 saturated heterocycles. The number of carboxylic acid groups (broad SMARTS) is 1. The fraction of sp³-hybridized carbons (Fsp3) is 0.0909. The molecule has 0 aliphatic carbocycles. The number of anilines is 1. The van der Waals surface area contributed by atoms with E-state index in [4.69, 9.17) is 10.9 Å². The molecule has 0 atom stereocenters. The summed E-state index contributed by atoms with van der Waals surface area (Å²) in [7, 11) is 0. The van der Waals surface area contributed by atoms with E-state index in [0.717, 1.165) is 5.56 Å². The lowest BCUT2D eigenvalue weighted by molar-refractivity contribution is 0.201. The molecule has 4 N–H and O–H groups in total. The van der Waals surface area contributed by atoms with Crippen molar-refractivity contribution in [1.82, 2.24) is 10.2 Å². The normalized spacial score (nSPS) is 10.2. The van der Waals surface area contributed by atoms with E-state index in [-0.39, 0.29) is 5.82 Å². The average Bonchev–Trinajstić information content (AvgIpc) is 2.71. The Morgan fingerprint density at radius 3 is 2.65 bits per heavy atom. The van der Waals surface area contributed by atoms with E-state index in [2.05, 4.69) is 10.2 Å². The highest BCUT2D eigenvalue weighted by atomic mass is 16.4. The van der Waals surface area contributed by atoms with Crippen molar-refractivity contribution in [2.24, 2.45) is 5.84 Å². The van der Waals surface area contributed by atoms with Crippen LogP contribution in [0.25, 0.3) is 11.3 Å². The van der Waals surface area contributed by atoms with Crippen molar-refractivity contribution in [2.45, 2.75) is 6.92 Å². The minimum Gasteiger partial charge on any atom is -0.464 e. The van der Waals surface area contributed by atoms with Crippen LogP contribution in [0.15, 0.2) is 30.3 Å². The first kappa shape index (κ1) is 11.2. The Morgan fingerprint density at radius 1 is 1.41 bits per heavy atom. The summed E-state index contributed by atoms with van der Waals surface area (Å²) >= 11 is 0. The highest BCUT2D eigenvalue weighted by molar-refractivity contribution is 5.86. The van der Waals surface area contributed by atoms with Crippen LogP contribution in [0.2, 0.25) is 0 Å². The van der Waals surface area contributed by atoms with Gasteiger partial charge in [-0.25, -0.2) is 10.6 Å². The van der Waals surface area contributed by atoms with Gasteiger partial charge in [0, 0.05) is 11.1 Å². The SMILES string of the molecule is Cc1c(-c2ccccc2)n[nH]c1N(N)C(=O)O. The molecule has 0 aliphatic rings. The molecule has 17 heavy (non-hydrogen) atoms. The molecule has 2 rings (SSSR count). The average molecular weight is 232 g/mol. The number of H-pyrrole nitrogens is 1. The summed E-state index contributed by atoms with van der Waals surface area (Å²) < 4.78 is 0. The lowest BCUT2D eigenvalue weighted by Crippen LogP contribution is -2.36. The molecule has 0 saturated carbocycles. The van der Waals surface area contributed by atoms with Gasteiger partial charge in [-0.15, -0.1) is 0 Å². The number of nitrogens with one attached hydrogen (secondary N) is 1. The molecule has 0 fully saturated rings. The number of aromatic nitrogens is 2. The van der Waals surface area contributed by atoms with Crippen molar-refractivity contribution in [3.63, 3.8) is 0 Å². The van der Waals surface area contributed by atoms with Crippen molar-refractivity contribution in [3.8, 4) is 11.3 Å². The Bertz CT molecular complexity index is 536. The van der Waals surface area contributed by atoms with Crippen LogP contribution in [0.5, 0.6) is 0 Å². The van der Waals surface area contributed by atoms with Crippen molar-refractivity contribution < 1.29 is 9.90 Å². The van der Waals surface area contributed by atoms with Crippen LogP contribution in [-0.2, 0) is 0 Å². The van der Waals surface area contributed by atoms with E-state index in [0.29, 0.717) is 16.3 Å². The maximum atomic E-state index is 10.8. The van der Waals surface area contributed by atoms with Gasteiger partial charge in [-0.3, -0.25) is 5.10 Å². The number of nitrogens with two attached hydrogens (primary N) is 1. The van der Waals surface area contributed by atoms with Gasteiger partial charge in [-0.05, 0) is 6.92 Å². The van der Waals surface area contributed by atoms with Gasteiger partial charge in [-0.1, -0.05) is 30.3 Å². The molecule has 6 heteroatoms. The highest BCUT2D eigenvalue weighted by Gasteiger charge is 2.18. The van der Waals surface area contributed by atoms with Gasteiger partial charge in [0.2, 0.25) is 0 Å². The lowest BCUT2D eigenvalue weighted by Gasteiger charge is -2.10. The maximum Gasteiger partial charge on any atom is 0.427 e. The number of hydrazine groups is 1. The molecule has 0 bridgehead atoms. The van der Waals surface area contributed by atoms with Crippen molar-refractivity contribution >= 4 is 11.9 Å². The van der Waals surface area contributed by atoms with Crippen LogP contribution in [0, 0.1) is 6.92 Å². The van der Waals surface area contributed by atoms with Crippen LogP contribution in [-0.4, -0.2) is 21.4 Å². The lowest BCUT2D eigenvalue weighted by atomic mass is 10.1. The fourth-order valence-corrected chi connectivity index (χ4v) is 1.60. The van der Waals surface area contributed by atoms with E-state index in [1.54, 1.807) is 6.92 Å². The predicted molar refractivity (Wildman–Crippen MR) is 63.5 cm³/mol. The molecule has 0 unspecified atom stereocenters. The number of hydrogen-bond donors (Lipinski definition) is 3. The Hall–Kier alpha value is -2.34. The minimum absolute atomic E-state index is 0.274. The molecular formula is C11H12N4O2. The van der Waals surface area contributed by atoms with Crippen LogP contribution in [0.4, 0.5) is 10.6 Å². The van der Waals surface area contributed by atoms with E-state index < -0.39 is 6.09 Å². The van der Waals surface area contributed by atoms with Gasteiger partial charge in [-0.2, -0.15) is 10.1 Å². The maximum absolute atomic E-state index is 10.8. The van der Waals surface area contributed by atoms with Gasteiger partial charge in [0.1, 0.15) is 0 Å². The van der Waals surface area contributed by atoms with Crippen LogP contribution in [0.3, 0.4) is 0 Å². The van der Waals surface area contributed by atoms with Crippen LogP contribution < -0.4 is 10.9 Å². The predicted octanol–water partition coefficient (Wildman–Crippen LogP) is 1.74. The topological polar surface area (TPSA) is 95.2 Å². The smallest absolute Gasteiger partial charge is 0.427 e. The quantitative estimate of drug-likeness (QED) is 0.417. The molecular weight excluding hydrogens is 220 g/mol. The first-order valence-electron chi connectivity index (χ1n) is 4.99. The Kier molecular flexibility index (Phi) is 2.80. The monoisotopic (exact) mass is 232 g/mol. The van der Waals surface area contributed by atoms with Crippen molar-refractivity contribution in [1.29, 1.82) is 0 Å². The Morgan fingerprint density at radius 2 is 2.06 bits per heavy atom. The Balaban J connectivity index is 2.43. The zero-order valence-corrected chi connectivity index (χ0v) is 9.21. The number of aromatic amines is 1. The summed E-state index contributed by atoms with van der Waals surface area (Å²) in [6.45, 7) is 1.77. The number of amides is 1. The molecule has 0 spiro atoms. The molecule has 1 heterocycles. The second-order valence-corrected chi connectivity index (χ2v) is 3.56. The van der Waals surface area contributed by atoms with Crippen molar-refractivity contribution in [2.75, 3.05) is 5.01 Å². The zero-order chi connectivity index (χ0) is 12.4. The molecule has 0 aliphatic heterocycles. The van der Waals surface area contributed by atoms with E-state index in [1.165, 1.54) is 0 Å². The molecule has 1 amide bonds. The third-order valence-corrected chi connectivity index (χ3v) is 2.48. The largest absolute Gasteiger partial charge is 0.464 e. The van der Waals surface area contributed by atoms with Crippen molar-refractivity contribution in [3.05, 3.63) is 35.9 Å². The molecule has 1 aromatic carbocycles. The molecule has 6 nitrogen and oxygen atoms in total. The van der Waals surface area contributed by atoms with E-state index in [1.807, 2.05) is 30.3 Å². The number of benzene rings is 1. The zero-order valence-electron chi connectivity index (χ0n) is 9.21. The number of nitrogens with zero attached hydrogens (tertiary/aromatic N) is 2. The highest BCUT2D eigenvalue weighted by Crippen LogP contribution is 2.26. The third kappa shape index (κ3) is 1.98. The van der Waals surface area contributed by atoms with E-state index in [9.17, 15) is 4.79 Å². The molecule has 0 radical (unpaired) electrons. The number of hydrogen-bond acceptors (Lipinski definition) is 3. The standard InChI is InChI=1S/C11H12N4O2/c1-7-9(8-5-3-2-4-6-8)13-14-10(7)15(12)11(16)17/h2-6H,12H2,1H3,(H,13,14)(H,16,17). The fourth-order valence-electron chi connectivity index (χ4n) is 1.60. The second kappa shape index (κ2) is 4.26. The number of carbonyl (C=O) groups is 1. The first-order valence-corrected chi connectivity index (χ1v) is 4.99. The summed E-state index contributed by atoms with van der Waals surface area (Å²) in [5.41, 5.74) is 2.30. The summed E-state index contributed by atoms with van der Waals surface area (Å²) in [4.78, 5) is 10.8. The Labute approximate surface area is 97.6 Å². The van der Waals surface area contributed by atoms with Gasteiger partial charge >= 0.3 is 6.09 Å². The van der Waals surface area contributed by atoms with Gasteiger partial charge in [0.15, 0.2) is 5.82 Å².